The minimum atomic E-state index is -0.882. The van der Waals surface area contributed by atoms with Crippen LogP contribution in [0.5, 0.6) is 0 Å². The molecule has 0 spiro atoms. The molecule has 3 aromatic heterocycles. The molecule has 6 heteroatoms. The zero-order valence-corrected chi connectivity index (χ0v) is 9.89. The molecule has 0 unspecified atom stereocenters. The van der Waals surface area contributed by atoms with Gasteiger partial charge in [-0.15, -0.1) is 5.10 Å². The molecule has 3 heterocycles. The Hall–Kier alpha value is -2.76. The third-order valence-electron chi connectivity index (χ3n) is 2.88. The molecule has 0 saturated heterocycles. The number of carboxylic acid groups (broad SMARTS) is 1. The molecule has 0 atom stereocenters. The Kier molecular flexibility index (Phi) is 2.68. The molecule has 94 valence electrons. The second-order valence-corrected chi connectivity index (χ2v) is 4.09. The van der Waals surface area contributed by atoms with Gasteiger partial charge in [-0.25, -0.2) is 4.52 Å². The lowest BCUT2D eigenvalue weighted by molar-refractivity contribution is -0.136. The van der Waals surface area contributed by atoms with Crippen LogP contribution in [0.15, 0.2) is 43.0 Å². The molecule has 0 radical (unpaired) electrons. The van der Waals surface area contributed by atoms with E-state index in [2.05, 4.69) is 15.3 Å². The topological polar surface area (TPSA) is 80.4 Å². The van der Waals surface area contributed by atoms with Gasteiger partial charge < -0.3 is 5.11 Å². The summed E-state index contributed by atoms with van der Waals surface area (Å²) in [5, 5.41) is 16.7. The highest BCUT2D eigenvalue weighted by Crippen LogP contribution is 2.26. The zero-order valence-electron chi connectivity index (χ0n) is 9.89. The fourth-order valence-corrected chi connectivity index (χ4v) is 2.07. The molecular weight excluding hydrogens is 244 g/mol. The molecular formula is C13H10N4O2. The summed E-state index contributed by atoms with van der Waals surface area (Å²) in [5.74, 6) is -0.882. The van der Waals surface area contributed by atoms with Crippen molar-refractivity contribution >= 4 is 11.5 Å². The molecule has 0 fully saturated rings. The number of pyridine rings is 2. The fourth-order valence-electron chi connectivity index (χ4n) is 2.07. The van der Waals surface area contributed by atoms with Gasteiger partial charge in [-0.3, -0.25) is 9.78 Å². The van der Waals surface area contributed by atoms with E-state index in [9.17, 15) is 4.79 Å². The Morgan fingerprint density at radius 3 is 3.00 bits per heavy atom. The van der Waals surface area contributed by atoms with Crippen molar-refractivity contribution < 1.29 is 9.90 Å². The van der Waals surface area contributed by atoms with Gasteiger partial charge in [0, 0.05) is 24.2 Å². The predicted molar refractivity (Wildman–Crippen MR) is 67.6 cm³/mol. The van der Waals surface area contributed by atoms with Crippen molar-refractivity contribution in [3.63, 3.8) is 0 Å². The van der Waals surface area contributed by atoms with E-state index in [4.69, 9.17) is 5.11 Å². The summed E-state index contributed by atoms with van der Waals surface area (Å²) in [4.78, 5) is 14.9. The average Bonchev–Trinajstić information content (AvgIpc) is 2.87. The molecule has 3 rings (SSSR count). The quantitative estimate of drug-likeness (QED) is 0.764. The number of carboxylic acids is 1. The molecule has 3 aromatic rings. The highest BCUT2D eigenvalue weighted by Gasteiger charge is 2.12. The van der Waals surface area contributed by atoms with Gasteiger partial charge in [0.15, 0.2) is 0 Å². The van der Waals surface area contributed by atoms with Crippen molar-refractivity contribution in [2.24, 2.45) is 0 Å². The zero-order chi connectivity index (χ0) is 13.2. The number of aromatic nitrogens is 4. The second-order valence-electron chi connectivity index (χ2n) is 4.09. The molecule has 0 aliphatic carbocycles. The third kappa shape index (κ3) is 2.03. The second kappa shape index (κ2) is 4.49. The van der Waals surface area contributed by atoms with E-state index in [-0.39, 0.29) is 6.42 Å². The molecule has 1 N–H and O–H groups in total. The van der Waals surface area contributed by atoms with Crippen molar-refractivity contribution in [1.82, 2.24) is 19.8 Å². The Morgan fingerprint density at radius 1 is 1.26 bits per heavy atom. The fraction of sp³-hybridized carbons (Fsp3) is 0.0769. The van der Waals surface area contributed by atoms with E-state index in [1.807, 2.05) is 12.1 Å². The first kappa shape index (κ1) is 11.3. The monoisotopic (exact) mass is 254 g/mol. The van der Waals surface area contributed by atoms with Crippen LogP contribution in [0.1, 0.15) is 5.56 Å². The minimum Gasteiger partial charge on any atom is -0.481 e. The molecule has 0 amide bonds. The van der Waals surface area contributed by atoms with Crippen LogP contribution in [-0.4, -0.2) is 30.9 Å². The maximum absolute atomic E-state index is 10.9. The van der Waals surface area contributed by atoms with E-state index in [0.29, 0.717) is 5.56 Å². The minimum absolute atomic E-state index is 0.0637. The van der Waals surface area contributed by atoms with Crippen molar-refractivity contribution in [3.05, 3.63) is 48.5 Å². The molecule has 0 aliphatic rings. The Balaban J connectivity index is 2.21. The number of nitrogens with zero attached hydrogens (tertiary/aromatic N) is 4. The number of hydrogen-bond acceptors (Lipinski definition) is 4. The number of fused-ring (bicyclic) bond motifs is 1. The van der Waals surface area contributed by atoms with Crippen LogP contribution in [0.2, 0.25) is 0 Å². The van der Waals surface area contributed by atoms with Crippen LogP contribution in [0.4, 0.5) is 0 Å². The van der Waals surface area contributed by atoms with Crippen LogP contribution in [-0.2, 0) is 11.2 Å². The van der Waals surface area contributed by atoms with Crippen molar-refractivity contribution in [2.75, 3.05) is 0 Å². The van der Waals surface area contributed by atoms with Crippen LogP contribution < -0.4 is 0 Å². The van der Waals surface area contributed by atoms with Gasteiger partial charge in [0.2, 0.25) is 0 Å². The molecule has 0 bridgehead atoms. The number of rotatable bonds is 3. The lowest BCUT2D eigenvalue weighted by atomic mass is 10.00. The summed E-state index contributed by atoms with van der Waals surface area (Å²) >= 11 is 0. The van der Waals surface area contributed by atoms with E-state index < -0.39 is 5.97 Å². The van der Waals surface area contributed by atoms with E-state index in [1.54, 1.807) is 35.4 Å². The lowest BCUT2D eigenvalue weighted by Crippen LogP contribution is -2.02. The van der Waals surface area contributed by atoms with Crippen LogP contribution in [0.25, 0.3) is 16.6 Å². The van der Waals surface area contributed by atoms with Gasteiger partial charge in [-0.2, -0.15) is 0 Å². The van der Waals surface area contributed by atoms with Gasteiger partial charge in [0.1, 0.15) is 0 Å². The lowest BCUT2D eigenvalue weighted by Gasteiger charge is -2.08. The molecule has 6 nitrogen and oxygen atoms in total. The average molecular weight is 254 g/mol. The highest BCUT2D eigenvalue weighted by atomic mass is 16.4. The summed E-state index contributed by atoms with van der Waals surface area (Å²) in [6.45, 7) is 0. The van der Waals surface area contributed by atoms with E-state index in [0.717, 1.165) is 16.6 Å². The highest BCUT2D eigenvalue weighted by molar-refractivity contribution is 5.83. The standard InChI is InChI=1S/C13H10N4O2/c18-13(19)6-9-7-14-4-3-10(9)11-2-1-5-17-12(11)8-15-16-17/h1-5,7-8H,6H2,(H,18,19). The Bertz CT molecular complexity index is 751. The van der Waals surface area contributed by atoms with Gasteiger partial charge in [-0.1, -0.05) is 11.3 Å². The Morgan fingerprint density at radius 2 is 2.16 bits per heavy atom. The first-order valence-corrected chi connectivity index (χ1v) is 5.70. The SMILES string of the molecule is O=C(O)Cc1cnccc1-c1cccn2nncc12. The maximum Gasteiger partial charge on any atom is 0.307 e. The van der Waals surface area contributed by atoms with Gasteiger partial charge in [0.25, 0.3) is 0 Å². The Labute approximate surface area is 108 Å². The molecule has 0 saturated carbocycles. The van der Waals surface area contributed by atoms with Crippen LogP contribution in [0, 0.1) is 0 Å². The number of hydrogen-bond donors (Lipinski definition) is 1. The number of aliphatic carboxylic acids is 1. The van der Waals surface area contributed by atoms with Crippen molar-refractivity contribution in [1.29, 1.82) is 0 Å². The molecule has 0 aliphatic heterocycles. The van der Waals surface area contributed by atoms with E-state index >= 15 is 0 Å². The molecule has 0 aromatic carbocycles. The van der Waals surface area contributed by atoms with E-state index in [1.165, 1.54) is 0 Å². The smallest absolute Gasteiger partial charge is 0.307 e. The van der Waals surface area contributed by atoms with Gasteiger partial charge in [-0.05, 0) is 23.3 Å². The van der Waals surface area contributed by atoms with Crippen LogP contribution >= 0.6 is 0 Å². The summed E-state index contributed by atoms with van der Waals surface area (Å²) in [6.07, 6.45) is 6.61. The largest absolute Gasteiger partial charge is 0.481 e. The summed E-state index contributed by atoms with van der Waals surface area (Å²) < 4.78 is 1.65. The summed E-state index contributed by atoms with van der Waals surface area (Å²) in [7, 11) is 0. The first-order valence-electron chi connectivity index (χ1n) is 5.70. The maximum atomic E-state index is 10.9. The third-order valence-corrected chi connectivity index (χ3v) is 2.88. The van der Waals surface area contributed by atoms with Crippen LogP contribution in [0.3, 0.4) is 0 Å². The summed E-state index contributed by atoms with van der Waals surface area (Å²) in [5.41, 5.74) is 3.24. The van der Waals surface area contributed by atoms with Crippen molar-refractivity contribution in [3.8, 4) is 11.1 Å². The predicted octanol–water partition coefficient (Wildman–Crippen LogP) is 1.42. The summed E-state index contributed by atoms with van der Waals surface area (Å²) in [6, 6.07) is 5.57. The normalized spacial score (nSPS) is 10.7. The van der Waals surface area contributed by atoms with Crippen molar-refractivity contribution in [2.45, 2.75) is 6.42 Å². The number of carbonyl (C=O) groups is 1. The first-order chi connectivity index (χ1) is 9.25. The van der Waals surface area contributed by atoms with Gasteiger partial charge >= 0.3 is 5.97 Å². The molecule has 19 heavy (non-hydrogen) atoms. The van der Waals surface area contributed by atoms with Gasteiger partial charge in [0.05, 0.1) is 18.1 Å².